The summed E-state index contributed by atoms with van der Waals surface area (Å²) in [5.41, 5.74) is 0.828. The molecule has 0 atom stereocenters. The Morgan fingerprint density at radius 2 is 1.44 bits per heavy atom. The van der Waals surface area contributed by atoms with Crippen LogP contribution in [0.25, 0.3) is 0 Å². The van der Waals surface area contributed by atoms with Gasteiger partial charge in [0.1, 0.15) is 2.86 Å². The van der Waals surface area contributed by atoms with Crippen LogP contribution < -0.4 is 0 Å². The number of hydrogen-bond acceptors (Lipinski definition) is 0. The lowest BCUT2D eigenvalue weighted by molar-refractivity contribution is 1.26. The normalized spacial score (nSPS) is 13.0. The predicted octanol–water partition coefficient (Wildman–Crippen LogP) is 7.11. The molecule has 0 amide bonds. The van der Waals surface area contributed by atoms with Crippen molar-refractivity contribution in [2.24, 2.45) is 0 Å². The minimum Gasteiger partial charge on any atom is -0.124 e. The van der Waals surface area contributed by atoms with Crippen LogP contribution in [0.2, 0.25) is 0 Å². The molecule has 0 nitrogen and oxygen atoms in total. The molecule has 9 heteroatoms. The fourth-order valence-corrected chi connectivity index (χ4v) is 5.31. The highest BCUT2D eigenvalue weighted by molar-refractivity contribution is 9.26. The van der Waals surface area contributed by atoms with Crippen LogP contribution in [-0.2, 0) is 2.86 Å². The van der Waals surface area contributed by atoms with Crippen LogP contribution in [-0.4, -0.2) is 6.00 Å². The van der Waals surface area contributed by atoms with Gasteiger partial charge in [-0.05, 0) is 59.4 Å². The third-order valence-corrected chi connectivity index (χ3v) is 17.2. The minimum atomic E-state index is -3.01. The number of hydrogen-bond donors (Lipinski definition) is 0. The van der Waals surface area contributed by atoms with E-state index in [-0.39, 0.29) is 0 Å². The van der Waals surface area contributed by atoms with Gasteiger partial charge in [0.05, 0.1) is 0 Å². The Morgan fingerprint density at radius 1 is 0.938 bits per heavy atom. The summed E-state index contributed by atoms with van der Waals surface area (Å²) in [5.74, 6) is 0. The smallest absolute Gasteiger partial charge is 0.124 e. The van der Waals surface area contributed by atoms with Crippen molar-refractivity contribution in [3.05, 3.63) is 31.1 Å². The summed E-state index contributed by atoms with van der Waals surface area (Å²) in [6, 6.07) is 0.740. The van der Waals surface area contributed by atoms with E-state index in [9.17, 15) is 0 Å². The van der Waals surface area contributed by atoms with E-state index in [0.29, 0.717) is 0 Å². The van der Waals surface area contributed by atoms with E-state index in [1.165, 1.54) is 0 Å². The number of rotatable bonds is 2. The SMILES string of the molecule is Cl[Si](Cl)(Cl)C(Br)(Br)c1ccc(Br)c(Br)c1Br. The Labute approximate surface area is 151 Å². The topological polar surface area (TPSA) is 0 Å². The highest BCUT2D eigenvalue weighted by Crippen LogP contribution is 2.55. The highest BCUT2D eigenvalue weighted by atomic mass is 79.9. The van der Waals surface area contributed by atoms with Crippen LogP contribution >= 0.6 is 113 Å². The van der Waals surface area contributed by atoms with E-state index in [4.69, 9.17) is 33.2 Å². The van der Waals surface area contributed by atoms with Crippen LogP contribution in [0.3, 0.4) is 0 Å². The maximum absolute atomic E-state index is 6.05. The van der Waals surface area contributed by atoms with E-state index >= 15 is 0 Å². The second-order valence-electron chi connectivity index (χ2n) is 2.80. The number of halogens is 8. The van der Waals surface area contributed by atoms with Gasteiger partial charge in [0.25, 0.3) is 0 Å². The van der Waals surface area contributed by atoms with Gasteiger partial charge in [-0.3, -0.25) is 0 Å². The molecule has 1 rings (SSSR count). The molecule has 0 spiro atoms. The van der Waals surface area contributed by atoms with Gasteiger partial charge in [0.15, 0.2) is 0 Å². The van der Waals surface area contributed by atoms with Crippen LogP contribution in [0.4, 0.5) is 0 Å². The molecule has 0 fully saturated rings. The van der Waals surface area contributed by atoms with E-state index in [1.54, 1.807) is 0 Å². The maximum atomic E-state index is 6.05. The standard InChI is InChI=1S/C7H2Br5Cl3Si/c8-4-2-1-3(5(9)6(4)10)7(11,12)16(13,14)15/h1-2H. The molecular formula is C7H2Br5Cl3Si. The molecule has 16 heavy (non-hydrogen) atoms. The van der Waals surface area contributed by atoms with Gasteiger partial charge >= 0.3 is 6.00 Å². The van der Waals surface area contributed by atoms with Gasteiger partial charge in [0.2, 0.25) is 0 Å². The summed E-state index contributed by atoms with van der Waals surface area (Å²) in [7, 11) is 0. The van der Waals surface area contributed by atoms with Crippen molar-refractivity contribution < 1.29 is 0 Å². The molecular weight excluding hydrogens is 618 g/mol. The molecule has 0 heterocycles. The lowest BCUT2D eigenvalue weighted by Crippen LogP contribution is -2.33. The Hall–Kier alpha value is 2.71. The van der Waals surface area contributed by atoms with Crippen molar-refractivity contribution >= 4 is 119 Å². The van der Waals surface area contributed by atoms with Crippen molar-refractivity contribution in [1.82, 2.24) is 0 Å². The fourth-order valence-electron chi connectivity index (χ4n) is 0.921. The van der Waals surface area contributed by atoms with E-state index < -0.39 is 8.86 Å². The maximum Gasteiger partial charge on any atom is 0.372 e. The summed E-state index contributed by atoms with van der Waals surface area (Å²) >= 11 is 35.3. The second kappa shape index (κ2) is 6.00. The summed E-state index contributed by atoms with van der Waals surface area (Å²) in [6.07, 6.45) is 0. The Morgan fingerprint density at radius 3 is 1.88 bits per heavy atom. The molecule has 0 N–H and O–H groups in total. The molecule has 90 valence electrons. The largest absolute Gasteiger partial charge is 0.372 e. The third-order valence-electron chi connectivity index (χ3n) is 1.73. The van der Waals surface area contributed by atoms with Crippen molar-refractivity contribution in [2.45, 2.75) is 2.86 Å². The average Bonchev–Trinajstić information content (AvgIpc) is 2.12. The molecule has 0 unspecified atom stereocenters. The van der Waals surface area contributed by atoms with Crippen LogP contribution in [0, 0.1) is 0 Å². The molecule has 0 aliphatic carbocycles. The fraction of sp³-hybridized carbons (Fsp3) is 0.143. The van der Waals surface area contributed by atoms with Crippen molar-refractivity contribution in [3.8, 4) is 0 Å². The van der Waals surface area contributed by atoms with E-state index in [2.05, 4.69) is 79.6 Å². The second-order valence-corrected chi connectivity index (χ2v) is 18.7. The summed E-state index contributed by atoms with van der Waals surface area (Å²) < 4.78 is 1.79. The molecule has 1 aromatic carbocycles. The third kappa shape index (κ3) is 3.42. The molecule has 0 saturated carbocycles. The van der Waals surface area contributed by atoms with Gasteiger partial charge in [-0.2, -0.15) is 0 Å². The summed E-state index contributed by atoms with van der Waals surface area (Å²) in [6.45, 7) is 0. The first-order valence-corrected chi connectivity index (χ1v) is 12.7. The first-order chi connectivity index (χ1) is 7.09. The first kappa shape index (κ1) is 16.8. The van der Waals surface area contributed by atoms with Crippen molar-refractivity contribution in [1.29, 1.82) is 0 Å². The Kier molecular flexibility index (Phi) is 6.28. The Bertz CT molecular complexity index is 417. The van der Waals surface area contributed by atoms with Crippen LogP contribution in [0.15, 0.2) is 25.6 Å². The molecule has 1 aromatic rings. The number of benzene rings is 1. The van der Waals surface area contributed by atoms with Crippen LogP contribution in [0.5, 0.6) is 0 Å². The predicted molar refractivity (Wildman–Crippen MR) is 92.4 cm³/mol. The lowest BCUT2D eigenvalue weighted by atomic mass is 10.2. The zero-order chi connectivity index (χ0) is 12.7. The summed E-state index contributed by atoms with van der Waals surface area (Å²) in [5, 5.41) is 0. The van der Waals surface area contributed by atoms with Crippen molar-refractivity contribution in [3.63, 3.8) is 0 Å². The molecule has 0 aromatic heterocycles. The quantitative estimate of drug-likeness (QED) is 0.143. The van der Waals surface area contributed by atoms with Gasteiger partial charge in [-0.1, -0.05) is 37.9 Å². The zero-order valence-electron chi connectivity index (χ0n) is 7.18. The van der Waals surface area contributed by atoms with E-state index in [1.807, 2.05) is 12.1 Å². The van der Waals surface area contributed by atoms with Crippen molar-refractivity contribution in [2.75, 3.05) is 0 Å². The minimum absolute atomic E-state index is 0.828. The molecule has 0 radical (unpaired) electrons. The number of alkyl halides is 2. The first-order valence-electron chi connectivity index (χ1n) is 3.67. The molecule has 0 bridgehead atoms. The van der Waals surface area contributed by atoms with Crippen LogP contribution in [0.1, 0.15) is 5.56 Å². The average molecular weight is 620 g/mol. The molecule has 0 aliphatic rings. The Balaban J connectivity index is 3.41. The zero-order valence-corrected chi connectivity index (χ0v) is 18.4. The van der Waals surface area contributed by atoms with Gasteiger partial charge < -0.3 is 0 Å². The molecule has 0 aliphatic heterocycles. The monoisotopic (exact) mass is 613 g/mol. The molecule has 0 saturated heterocycles. The van der Waals surface area contributed by atoms with E-state index in [0.717, 1.165) is 19.0 Å². The van der Waals surface area contributed by atoms with Gasteiger partial charge in [-0.15, -0.1) is 33.2 Å². The lowest BCUT2D eigenvalue weighted by Gasteiger charge is -2.28. The van der Waals surface area contributed by atoms with Gasteiger partial charge in [0, 0.05) is 13.4 Å². The highest BCUT2D eigenvalue weighted by Gasteiger charge is 2.50. The summed E-state index contributed by atoms with van der Waals surface area (Å²) in [4.78, 5) is 0. The van der Waals surface area contributed by atoms with Gasteiger partial charge in [-0.25, -0.2) is 0 Å².